The maximum absolute atomic E-state index is 13.7. The maximum atomic E-state index is 13.7. The second kappa shape index (κ2) is 7.57. The molecule has 1 fully saturated rings. The number of alkyl halides is 2. The molecule has 5 nitrogen and oxygen atoms in total. The molecule has 0 atom stereocenters. The van der Waals surface area contributed by atoms with Gasteiger partial charge >= 0.3 is 0 Å². The molecule has 1 aromatic carbocycles. The highest BCUT2D eigenvalue weighted by Gasteiger charge is 2.60. The predicted octanol–water partition coefficient (Wildman–Crippen LogP) is 4.72. The van der Waals surface area contributed by atoms with Gasteiger partial charge in [0.1, 0.15) is 5.82 Å². The first kappa shape index (κ1) is 20.4. The van der Waals surface area contributed by atoms with Gasteiger partial charge < -0.3 is 9.47 Å². The predicted molar refractivity (Wildman–Crippen MR) is 96.1 cm³/mol. The van der Waals surface area contributed by atoms with Gasteiger partial charge in [0, 0.05) is 18.8 Å². The summed E-state index contributed by atoms with van der Waals surface area (Å²) in [6, 6.07) is 8.16. The lowest BCUT2D eigenvalue weighted by Crippen LogP contribution is -2.53. The molecular formula is C20H22F3N3O2. The third kappa shape index (κ3) is 3.64. The van der Waals surface area contributed by atoms with E-state index in [0.717, 1.165) is 0 Å². The molecule has 1 heterocycles. The second-order valence-electron chi connectivity index (χ2n) is 6.93. The average molecular weight is 393 g/mol. The Morgan fingerprint density at radius 2 is 1.86 bits per heavy atom. The minimum absolute atomic E-state index is 0.330. The molecule has 0 spiro atoms. The van der Waals surface area contributed by atoms with Gasteiger partial charge in [0.15, 0.2) is 5.54 Å². The minimum atomic E-state index is -2.92. The van der Waals surface area contributed by atoms with E-state index in [1.807, 2.05) is 6.07 Å². The van der Waals surface area contributed by atoms with Crippen molar-refractivity contribution in [1.29, 1.82) is 5.26 Å². The zero-order valence-electron chi connectivity index (χ0n) is 16.0. The molecule has 2 aromatic rings. The second-order valence-corrected chi connectivity index (χ2v) is 6.93. The van der Waals surface area contributed by atoms with Gasteiger partial charge in [-0.3, -0.25) is 0 Å². The van der Waals surface area contributed by atoms with Crippen molar-refractivity contribution >= 4 is 0 Å². The SMILES string of the molecule is CCOC(OCC)c1cc(-c2ccc(F)c(C)c2)nn1C1(C#N)CC(F)(F)C1. The quantitative estimate of drug-likeness (QED) is 0.639. The number of nitriles is 1. The average Bonchev–Trinajstić information content (AvgIpc) is 3.07. The molecule has 0 amide bonds. The zero-order valence-corrected chi connectivity index (χ0v) is 16.0. The third-order valence-electron chi connectivity index (χ3n) is 4.78. The molecule has 8 heteroatoms. The van der Waals surface area contributed by atoms with E-state index in [0.29, 0.717) is 35.7 Å². The Bertz CT molecular complexity index is 891. The summed E-state index contributed by atoms with van der Waals surface area (Å²) in [4.78, 5) is 0. The van der Waals surface area contributed by atoms with Crippen LogP contribution in [0.15, 0.2) is 24.3 Å². The van der Waals surface area contributed by atoms with E-state index in [2.05, 4.69) is 5.10 Å². The van der Waals surface area contributed by atoms with Gasteiger partial charge in [-0.05, 0) is 50.6 Å². The summed E-state index contributed by atoms with van der Waals surface area (Å²) in [6.45, 7) is 5.86. The Morgan fingerprint density at radius 1 is 1.21 bits per heavy atom. The van der Waals surface area contributed by atoms with Crippen LogP contribution < -0.4 is 0 Å². The Hall–Kier alpha value is -2.37. The number of nitrogens with zero attached hydrogens (tertiary/aromatic N) is 3. The lowest BCUT2D eigenvalue weighted by atomic mass is 9.74. The third-order valence-corrected chi connectivity index (χ3v) is 4.78. The zero-order chi connectivity index (χ0) is 20.5. The number of rotatable bonds is 7. The fourth-order valence-electron chi connectivity index (χ4n) is 3.45. The highest BCUT2D eigenvalue weighted by molar-refractivity contribution is 5.61. The van der Waals surface area contributed by atoms with Gasteiger partial charge in [0.05, 0.1) is 30.3 Å². The number of ether oxygens (including phenoxy) is 2. The van der Waals surface area contributed by atoms with Crippen LogP contribution in [0, 0.1) is 24.1 Å². The molecule has 3 rings (SSSR count). The van der Waals surface area contributed by atoms with Gasteiger partial charge in [-0.25, -0.2) is 17.9 Å². The number of hydrogen-bond donors (Lipinski definition) is 0. The van der Waals surface area contributed by atoms with E-state index in [-0.39, 0.29) is 5.82 Å². The molecule has 0 unspecified atom stereocenters. The molecule has 0 radical (unpaired) electrons. The highest BCUT2D eigenvalue weighted by atomic mass is 19.3. The first-order valence-corrected chi connectivity index (χ1v) is 9.14. The van der Waals surface area contributed by atoms with Crippen molar-refractivity contribution in [2.45, 2.75) is 51.4 Å². The van der Waals surface area contributed by atoms with Crippen LogP contribution in [0.4, 0.5) is 13.2 Å². The van der Waals surface area contributed by atoms with Crippen molar-refractivity contribution in [2.24, 2.45) is 0 Å². The van der Waals surface area contributed by atoms with Crippen molar-refractivity contribution < 1.29 is 22.6 Å². The fourth-order valence-corrected chi connectivity index (χ4v) is 3.45. The Morgan fingerprint density at radius 3 is 2.36 bits per heavy atom. The number of halogens is 3. The molecular weight excluding hydrogens is 371 g/mol. The molecule has 0 saturated heterocycles. The van der Waals surface area contributed by atoms with E-state index < -0.39 is 30.6 Å². The van der Waals surface area contributed by atoms with Crippen LogP contribution >= 0.6 is 0 Å². The monoisotopic (exact) mass is 393 g/mol. The topological polar surface area (TPSA) is 60.1 Å². The van der Waals surface area contributed by atoms with E-state index in [4.69, 9.17) is 9.47 Å². The van der Waals surface area contributed by atoms with Crippen molar-refractivity contribution in [3.63, 3.8) is 0 Å². The van der Waals surface area contributed by atoms with Crippen LogP contribution in [0.1, 0.15) is 44.2 Å². The summed E-state index contributed by atoms with van der Waals surface area (Å²) >= 11 is 0. The number of benzene rings is 1. The summed E-state index contributed by atoms with van der Waals surface area (Å²) in [5.74, 6) is -3.27. The van der Waals surface area contributed by atoms with Crippen molar-refractivity contribution in [1.82, 2.24) is 9.78 Å². The Kier molecular flexibility index (Phi) is 5.50. The first-order valence-electron chi connectivity index (χ1n) is 9.14. The van der Waals surface area contributed by atoms with Gasteiger partial charge in [0.25, 0.3) is 5.92 Å². The highest BCUT2D eigenvalue weighted by Crippen LogP contribution is 2.51. The lowest BCUT2D eigenvalue weighted by Gasteiger charge is -2.43. The van der Waals surface area contributed by atoms with Gasteiger partial charge in [0.2, 0.25) is 6.29 Å². The van der Waals surface area contributed by atoms with Crippen LogP contribution in [0.3, 0.4) is 0 Å². The van der Waals surface area contributed by atoms with E-state index >= 15 is 0 Å². The van der Waals surface area contributed by atoms with Gasteiger partial charge in [-0.1, -0.05) is 0 Å². The molecule has 0 N–H and O–H groups in total. The minimum Gasteiger partial charge on any atom is -0.347 e. The Labute approximate surface area is 161 Å². The van der Waals surface area contributed by atoms with Crippen LogP contribution in [-0.2, 0) is 15.0 Å². The lowest BCUT2D eigenvalue weighted by molar-refractivity contribution is -0.160. The summed E-state index contributed by atoms with van der Waals surface area (Å²) in [6.07, 6.45) is -2.10. The maximum Gasteiger partial charge on any atom is 0.254 e. The number of hydrogen-bond acceptors (Lipinski definition) is 4. The van der Waals surface area contributed by atoms with Gasteiger partial charge in [-0.15, -0.1) is 0 Å². The first-order chi connectivity index (χ1) is 13.2. The van der Waals surface area contributed by atoms with E-state index in [1.54, 1.807) is 39.0 Å². The standard InChI is InChI=1S/C20H22F3N3O2/c1-4-27-18(28-5-2)17-9-16(14-6-7-15(21)13(3)8-14)25-26(17)19(12-24)10-20(22,23)11-19/h6-9,18H,4-5,10-11H2,1-3H3. The van der Waals surface area contributed by atoms with Crippen molar-refractivity contribution in [3.05, 3.63) is 41.3 Å². The molecule has 1 aromatic heterocycles. The molecule has 1 aliphatic rings. The van der Waals surface area contributed by atoms with Crippen LogP contribution in [0.5, 0.6) is 0 Å². The number of aryl methyl sites for hydroxylation is 1. The molecule has 28 heavy (non-hydrogen) atoms. The summed E-state index contributed by atoms with van der Waals surface area (Å²) in [5.41, 5.74) is 0.401. The summed E-state index contributed by atoms with van der Waals surface area (Å²) < 4.78 is 53.5. The van der Waals surface area contributed by atoms with Crippen molar-refractivity contribution in [2.75, 3.05) is 13.2 Å². The molecule has 0 bridgehead atoms. The molecule has 0 aliphatic heterocycles. The van der Waals surface area contributed by atoms with E-state index in [1.165, 1.54) is 10.7 Å². The van der Waals surface area contributed by atoms with Gasteiger partial charge in [-0.2, -0.15) is 10.4 Å². The Balaban J connectivity index is 2.12. The number of aromatic nitrogens is 2. The van der Waals surface area contributed by atoms with Crippen LogP contribution in [0.25, 0.3) is 11.3 Å². The summed E-state index contributed by atoms with van der Waals surface area (Å²) in [7, 11) is 0. The molecule has 1 aliphatic carbocycles. The normalized spacial score (nSPS) is 17.4. The van der Waals surface area contributed by atoms with Crippen LogP contribution in [-0.4, -0.2) is 28.9 Å². The van der Waals surface area contributed by atoms with E-state index in [9.17, 15) is 18.4 Å². The van der Waals surface area contributed by atoms with Crippen LogP contribution in [0.2, 0.25) is 0 Å². The van der Waals surface area contributed by atoms with Crippen molar-refractivity contribution in [3.8, 4) is 17.3 Å². The summed E-state index contributed by atoms with van der Waals surface area (Å²) in [5, 5.41) is 14.1. The fraction of sp³-hybridized carbons (Fsp3) is 0.500. The molecule has 1 saturated carbocycles. The smallest absolute Gasteiger partial charge is 0.254 e. The molecule has 150 valence electrons. The largest absolute Gasteiger partial charge is 0.347 e.